The number of hydrogen-bond donors (Lipinski definition) is 3. The lowest BCUT2D eigenvalue weighted by molar-refractivity contribution is -0.174. The molecule has 2 heterocycles. The van der Waals surface area contributed by atoms with Gasteiger partial charge in [0.2, 0.25) is 5.91 Å². The number of amides is 1. The lowest BCUT2D eigenvalue weighted by Crippen LogP contribution is -2.60. The number of carbonyl (C=O) groups is 3. The lowest BCUT2D eigenvalue weighted by atomic mass is 10.1. The van der Waals surface area contributed by atoms with Crippen LogP contribution < -0.4 is 5.32 Å². The van der Waals surface area contributed by atoms with E-state index in [0.29, 0.717) is 6.54 Å². The Morgan fingerprint density at radius 1 is 1.42 bits per heavy atom. The number of rotatable bonds is 6. The highest BCUT2D eigenvalue weighted by Gasteiger charge is 2.44. The van der Waals surface area contributed by atoms with Gasteiger partial charge in [-0.05, 0) is 6.92 Å². The lowest BCUT2D eigenvalue weighted by Gasteiger charge is -2.38. The van der Waals surface area contributed by atoms with Crippen molar-refractivity contribution >= 4 is 17.7 Å². The predicted octanol–water partition coefficient (Wildman–Crippen LogP) is -1.28. The zero-order valence-corrected chi connectivity index (χ0v) is 13.8. The van der Waals surface area contributed by atoms with Gasteiger partial charge in [-0.2, -0.15) is 0 Å². The van der Waals surface area contributed by atoms with E-state index in [4.69, 9.17) is 9.47 Å². The van der Waals surface area contributed by atoms with Gasteiger partial charge < -0.3 is 29.8 Å². The molecule has 9 heteroatoms. The molecule has 0 saturated carbocycles. The molecule has 5 atom stereocenters. The number of esters is 1. The average molecular weight is 344 g/mol. The van der Waals surface area contributed by atoms with Gasteiger partial charge in [-0.1, -0.05) is 6.92 Å². The van der Waals surface area contributed by atoms with Gasteiger partial charge in [-0.25, -0.2) is 4.90 Å². The number of nitrogens with one attached hydrogen (secondary N) is 1. The highest BCUT2D eigenvalue weighted by molar-refractivity contribution is 5.81. The van der Waals surface area contributed by atoms with Crippen LogP contribution in [0.15, 0.2) is 0 Å². The van der Waals surface area contributed by atoms with E-state index in [9.17, 15) is 24.6 Å². The molecule has 0 aromatic heterocycles. The first-order chi connectivity index (χ1) is 11.3. The van der Waals surface area contributed by atoms with Crippen LogP contribution in [-0.2, 0) is 23.9 Å². The van der Waals surface area contributed by atoms with Crippen LogP contribution in [0.3, 0.4) is 0 Å². The first-order valence-corrected chi connectivity index (χ1v) is 8.01. The number of ketones is 1. The van der Waals surface area contributed by atoms with Crippen molar-refractivity contribution in [3.8, 4) is 0 Å². The molecule has 0 aromatic carbocycles. The Labute approximate surface area is 139 Å². The molecule has 136 valence electrons. The van der Waals surface area contributed by atoms with Crippen LogP contribution >= 0.6 is 0 Å². The zero-order valence-electron chi connectivity index (χ0n) is 13.8. The quantitative estimate of drug-likeness (QED) is 0.509. The van der Waals surface area contributed by atoms with Crippen molar-refractivity contribution in [3.63, 3.8) is 0 Å². The zero-order chi connectivity index (χ0) is 17.9. The van der Waals surface area contributed by atoms with Gasteiger partial charge in [0.15, 0.2) is 6.35 Å². The molecular weight excluding hydrogens is 320 g/mol. The Bertz CT molecular complexity index is 498. The third-order valence-corrected chi connectivity index (χ3v) is 4.21. The fourth-order valence-corrected chi connectivity index (χ4v) is 2.83. The number of aliphatic hydroxyl groups excluding tert-OH is 2. The first-order valence-electron chi connectivity index (χ1n) is 8.01. The molecule has 2 saturated heterocycles. The van der Waals surface area contributed by atoms with E-state index in [0.717, 1.165) is 0 Å². The number of ether oxygens (including phenoxy) is 2. The van der Waals surface area contributed by atoms with Gasteiger partial charge in [0.1, 0.15) is 24.2 Å². The van der Waals surface area contributed by atoms with Crippen LogP contribution in [0.5, 0.6) is 0 Å². The van der Waals surface area contributed by atoms with Gasteiger partial charge in [-0.3, -0.25) is 9.59 Å². The summed E-state index contributed by atoms with van der Waals surface area (Å²) in [5.74, 6) is -1.20. The van der Waals surface area contributed by atoms with E-state index in [1.165, 1.54) is 6.92 Å². The summed E-state index contributed by atoms with van der Waals surface area (Å²) in [7, 11) is 0. The fourth-order valence-electron chi connectivity index (χ4n) is 2.83. The Hall–Kier alpha value is -1.55. The molecule has 0 aromatic rings. The molecule has 0 radical (unpaired) electrons. The SMILES string of the molecule is CC(=O)CCC(=O)OC1C[C@@H](N2CC(C)C(=O)N[C@@H]2O)O[C@@H]1CO. The van der Waals surface area contributed by atoms with Gasteiger partial charge in [0, 0.05) is 25.3 Å². The van der Waals surface area contributed by atoms with Crippen LogP contribution in [-0.4, -0.2) is 70.7 Å². The van der Waals surface area contributed by atoms with E-state index in [1.807, 2.05) is 0 Å². The maximum Gasteiger partial charge on any atom is 0.306 e. The van der Waals surface area contributed by atoms with Gasteiger partial charge in [-0.15, -0.1) is 0 Å². The van der Waals surface area contributed by atoms with Crippen molar-refractivity contribution in [1.29, 1.82) is 0 Å². The average Bonchev–Trinajstić information content (AvgIpc) is 2.91. The van der Waals surface area contributed by atoms with E-state index < -0.39 is 30.8 Å². The third kappa shape index (κ3) is 4.50. The second-order valence-electron chi connectivity index (χ2n) is 6.26. The minimum Gasteiger partial charge on any atom is -0.459 e. The minimum absolute atomic E-state index is 0.0198. The van der Waals surface area contributed by atoms with E-state index in [2.05, 4.69) is 5.32 Å². The van der Waals surface area contributed by atoms with Crippen molar-refractivity contribution in [3.05, 3.63) is 0 Å². The molecule has 3 N–H and O–H groups in total. The number of nitrogens with zero attached hydrogens (tertiary/aromatic N) is 1. The summed E-state index contributed by atoms with van der Waals surface area (Å²) < 4.78 is 11.0. The summed E-state index contributed by atoms with van der Waals surface area (Å²) in [5, 5.41) is 21.9. The van der Waals surface area contributed by atoms with Crippen LogP contribution in [0.2, 0.25) is 0 Å². The van der Waals surface area contributed by atoms with E-state index >= 15 is 0 Å². The summed E-state index contributed by atoms with van der Waals surface area (Å²) in [5.41, 5.74) is 0. The minimum atomic E-state index is -1.19. The smallest absolute Gasteiger partial charge is 0.306 e. The number of carbonyl (C=O) groups excluding carboxylic acids is 3. The molecular formula is C15H24N2O7. The number of aliphatic hydroxyl groups is 2. The predicted molar refractivity (Wildman–Crippen MR) is 80.2 cm³/mol. The Balaban J connectivity index is 1.94. The molecule has 0 spiro atoms. The van der Waals surface area contributed by atoms with Gasteiger partial charge >= 0.3 is 5.97 Å². The van der Waals surface area contributed by atoms with Gasteiger partial charge in [0.05, 0.1) is 13.0 Å². The highest BCUT2D eigenvalue weighted by atomic mass is 16.6. The van der Waals surface area contributed by atoms with E-state index in [-0.39, 0.29) is 43.5 Å². The van der Waals surface area contributed by atoms with Crippen molar-refractivity contribution in [1.82, 2.24) is 10.2 Å². The third-order valence-electron chi connectivity index (χ3n) is 4.21. The first kappa shape index (κ1) is 18.8. The molecule has 0 bridgehead atoms. The summed E-state index contributed by atoms with van der Waals surface area (Å²) in [4.78, 5) is 35.8. The molecule has 0 aliphatic carbocycles. The molecule has 2 rings (SSSR count). The van der Waals surface area contributed by atoms with Crippen LogP contribution in [0.25, 0.3) is 0 Å². The second kappa shape index (κ2) is 8.02. The maximum absolute atomic E-state index is 11.8. The van der Waals surface area contributed by atoms with Gasteiger partial charge in [0.25, 0.3) is 0 Å². The van der Waals surface area contributed by atoms with Crippen LogP contribution in [0.1, 0.15) is 33.1 Å². The van der Waals surface area contributed by atoms with Crippen LogP contribution in [0.4, 0.5) is 0 Å². The second-order valence-corrected chi connectivity index (χ2v) is 6.26. The molecule has 24 heavy (non-hydrogen) atoms. The Kier molecular flexibility index (Phi) is 6.27. The Morgan fingerprint density at radius 3 is 2.75 bits per heavy atom. The van der Waals surface area contributed by atoms with Crippen molar-refractivity contribution in [2.45, 2.75) is 57.9 Å². The molecule has 2 fully saturated rings. The Morgan fingerprint density at radius 2 is 2.12 bits per heavy atom. The largest absolute Gasteiger partial charge is 0.459 e. The summed E-state index contributed by atoms with van der Waals surface area (Å²) in [6, 6.07) is 0. The maximum atomic E-state index is 11.8. The molecule has 2 unspecified atom stereocenters. The summed E-state index contributed by atoms with van der Waals surface area (Å²) in [6.45, 7) is 3.07. The summed E-state index contributed by atoms with van der Waals surface area (Å²) in [6.07, 6.45) is -2.81. The normalized spacial score (nSPS) is 34.0. The summed E-state index contributed by atoms with van der Waals surface area (Å²) >= 11 is 0. The topological polar surface area (TPSA) is 125 Å². The van der Waals surface area contributed by atoms with Crippen molar-refractivity contribution in [2.75, 3.05) is 13.2 Å². The standard InChI is InChI=1S/C15H24N2O7/c1-8-6-17(15(22)16-14(8)21)12-5-10(11(7-18)23-12)24-13(20)4-3-9(2)19/h8,10-12,15,18,22H,3-7H2,1-2H3,(H,16,21)/t8?,10?,11-,12+,15+/m1/s1. The monoisotopic (exact) mass is 344 g/mol. The molecule has 9 nitrogen and oxygen atoms in total. The number of hydrogen-bond acceptors (Lipinski definition) is 8. The fraction of sp³-hybridized carbons (Fsp3) is 0.800. The van der Waals surface area contributed by atoms with Crippen LogP contribution in [0, 0.1) is 5.92 Å². The number of Topliss-reactive ketones (excluding diaryl/α,β-unsaturated/α-hetero) is 1. The van der Waals surface area contributed by atoms with E-state index in [1.54, 1.807) is 11.8 Å². The molecule has 2 aliphatic rings. The molecule has 2 aliphatic heterocycles. The molecule has 1 amide bonds. The highest BCUT2D eigenvalue weighted by Crippen LogP contribution is 2.28. The van der Waals surface area contributed by atoms with Crippen molar-refractivity contribution < 1.29 is 34.1 Å². The van der Waals surface area contributed by atoms with Crippen molar-refractivity contribution in [2.24, 2.45) is 5.92 Å².